The smallest absolute Gasteiger partial charge is 0.203 e. The number of carbonyl (C=O) groups is 2. The number of likely N-dealkylation sites (tertiary alicyclic amines) is 1. The molecule has 0 N–H and O–H groups in total. The van der Waals surface area contributed by atoms with Gasteiger partial charge in [0.25, 0.3) is 0 Å². The lowest BCUT2D eigenvalue weighted by molar-refractivity contribution is -0.141. The van der Waals surface area contributed by atoms with Gasteiger partial charge in [0.15, 0.2) is 5.78 Å². The number of rotatable bonds is 3. The average Bonchev–Trinajstić information content (AvgIpc) is 2.64. The van der Waals surface area contributed by atoms with E-state index in [0.29, 0.717) is 18.2 Å². The number of Topliss-reactive ketones (excluding diaryl/α,β-unsaturated/α-hetero) is 2. The highest BCUT2D eigenvalue weighted by atomic mass is 35.5. The van der Waals surface area contributed by atoms with E-state index in [4.69, 9.17) is 11.6 Å². The van der Waals surface area contributed by atoms with Gasteiger partial charge >= 0.3 is 0 Å². The first kappa shape index (κ1) is 11.1. The minimum atomic E-state index is -0.157. The molecule has 1 heterocycles. The third-order valence-electron chi connectivity index (χ3n) is 3.48. The van der Waals surface area contributed by atoms with Crippen molar-refractivity contribution in [1.29, 1.82) is 0 Å². The number of alkyl halides is 1. The summed E-state index contributed by atoms with van der Waals surface area (Å²) in [6.45, 7) is 2.70. The highest BCUT2D eigenvalue weighted by Crippen LogP contribution is 2.32. The maximum absolute atomic E-state index is 11.6. The SMILES string of the molecule is O=C1CCC2CN(CCCCl)CC2C1=O. The Bertz CT molecular complexity index is 280. The first-order valence-corrected chi connectivity index (χ1v) is 6.11. The molecular formula is C11H16ClNO2. The molecule has 2 aliphatic rings. The van der Waals surface area contributed by atoms with Crippen molar-refractivity contribution in [1.82, 2.24) is 4.90 Å². The Hall–Kier alpha value is -0.410. The molecule has 0 bridgehead atoms. The molecule has 0 radical (unpaired) electrons. The number of hydrogen-bond acceptors (Lipinski definition) is 3. The largest absolute Gasteiger partial charge is 0.302 e. The second kappa shape index (κ2) is 4.62. The fourth-order valence-corrected chi connectivity index (χ4v) is 2.78. The number of nitrogens with zero attached hydrogens (tertiary/aromatic N) is 1. The molecule has 3 nitrogen and oxygen atoms in total. The van der Waals surface area contributed by atoms with Crippen molar-refractivity contribution in [3.8, 4) is 0 Å². The lowest BCUT2D eigenvalue weighted by Crippen LogP contribution is -2.34. The molecule has 84 valence electrons. The van der Waals surface area contributed by atoms with Gasteiger partial charge in [-0.1, -0.05) is 0 Å². The van der Waals surface area contributed by atoms with Gasteiger partial charge in [0.05, 0.1) is 0 Å². The molecule has 0 spiro atoms. The van der Waals surface area contributed by atoms with E-state index < -0.39 is 0 Å². The molecule has 0 aromatic rings. The molecule has 0 amide bonds. The van der Waals surface area contributed by atoms with Gasteiger partial charge in [-0.05, 0) is 25.3 Å². The van der Waals surface area contributed by atoms with E-state index >= 15 is 0 Å². The quantitative estimate of drug-likeness (QED) is 0.537. The van der Waals surface area contributed by atoms with E-state index in [1.54, 1.807) is 0 Å². The van der Waals surface area contributed by atoms with Gasteiger partial charge in [0, 0.05) is 31.3 Å². The average molecular weight is 230 g/mol. The minimum Gasteiger partial charge on any atom is -0.302 e. The van der Waals surface area contributed by atoms with E-state index in [-0.39, 0.29) is 17.5 Å². The van der Waals surface area contributed by atoms with Crippen molar-refractivity contribution in [2.75, 3.05) is 25.5 Å². The molecular weight excluding hydrogens is 214 g/mol. The van der Waals surface area contributed by atoms with Crippen molar-refractivity contribution in [3.63, 3.8) is 0 Å². The van der Waals surface area contributed by atoms with Crippen LogP contribution >= 0.6 is 11.6 Å². The van der Waals surface area contributed by atoms with Crippen molar-refractivity contribution >= 4 is 23.2 Å². The number of carbonyl (C=O) groups excluding carboxylic acids is 2. The van der Waals surface area contributed by atoms with Gasteiger partial charge in [-0.3, -0.25) is 9.59 Å². The highest BCUT2D eigenvalue weighted by molar-refractivity contribution is 6.38. The predicted molar refractivity (Wildman–Crippen MR) is 58.0 cm³/mol. The summed E-state index contributed by atoms with van der Waals surface area (Å²) < 4.78 is 0. The third kappa shape index (κ3) is 2.23. The summed E-state index contributed by atoms with van der Waals surface area (Å²) in [5.74, 6) is 0.792. The Kier molecular flexibility index (Phi) is 3.42. The Morgan fingerprint density at radius 2 is 2.13 bits per heavy atom. The summed E-state index contributed by atoms with van der Waals surface area (Å²) in [5, 5.41) is 0. The van der Waals surface area contributed by atoms with Gasteiger partial charge in [-0.25, -0.2) is 0 Å². The second-order valence-electron chi connectivity index (χ2n) is 4.49. The molecule has 2 fully saturated rings. The van der Waals surface area contributed by atoms with Crippen molar-refractivity contribution < 1.29 is 9.59 Å². The maximum Gasteiger partial charge on any atom is 0.203 e. The maximum atomic E-state index is 11.6. The van der Waals surface area contributed by atoms with Crippen molar-refractivity contribution in [3.05, 3.63) is 0 Å². The van der Waals surface area contributed by atoms with Crippen molar-refractivity contribution in [2.24, 2.45) is 11.8 Å². The Morgan fingerprint density at radius 3 is 2.87 bits per heavy atom. The molecule has 2 atom stereocenters. The van der Waals surface area contributed by atoms with Crippen LogP contribution in [0.3, 0.4) is 0 Å². The first-order chi connectivity index (χ1) is 7.22. The molecule has 1 aliphatic heterocycles. The first-order valence-electron chi connectivity index (χ1n) is 5.57. The fourth-order valence-electron chi connectivity index (χ4n) is 2.66. The van der Waals surface area contributed by atoms with Gasteiger partial charge < -0.3 is 4.90 Å². The van der Waals surface area contributed by atoms with Crippen LogP contribution in [0.2, 0.25) is 0 Å². The summed E-state index contributed by atoms with van der Waals surface area (Å²) in [7, 11) is 0. The molecule has 0 aromatic heterocycles. The molecule has 2 rings (SSSR count). The summed E-state index contributed by atoms with van der Waals surface area (Å²) in [4.78, 5) is 25.2. The standard InChI is InChI=1S/C11H16ClNO2/c12-4-1-5-13-6-8-2-3-10(14)11(15)9(8)7-13/h8-9H,1-7H2. The minimum absolute atomic E-state index is 0.0124. The summed E-state index contributed by atoms with van der Waals surface area (Å²) in [5.41, 5.74) is 0. The molecule has 4 heteroatoms. The molecule has 1 aliphatic carbocycles. The van der Waals surface area contributed by atoms with E-state index in [0.717, 1.165) is 32.5 Å². The van der Waals surface area contributed by atoms with E-state index in [9.17, 15) is 9.59 Å². The number of fused-ring (bicyclic) bond motifs is 1. The van der Waals surface area contributed by atoms with Crippen LogP contribution in [-0.4, -0.2) is 42.0 Å². The summed E-state index contributed by atoms with van der Waals surface area (Å²) in [6, 6.07) is 0. The fraction of sp³-hybridized carbons (Fsp3) is 0.818. The van der Waals surface area contributed by atoms with Crippen LogP contribution in [0.4, 0.5) is 0 Å². The van der Waals surface area contributed by atoms with E-state index in [1.807, 2.05) is 0 Å². The van der Waals surface area contributed by atoms with Gasteiger partial charge in [0.1, 0.15) is 0 Å². The Labute approximate surface area is 94.8 Å². The van der Waals surface area contributed by atoms with Gasteiger partial charge in [-0.2, -0.15) is 0 Å². The van der Waals surface area contributed by atoms with E-state index in [1.165, 1.54) is 0 Å². The molecule has 2 unspecified atom stereocenters. The number of ketones is 2. The zero-order valence-corrected chi connectivity index (χ0v) is 9.50. The monoisotopic (exact) mass is 229 g/mol. The van der Waals surface area contributed by atoms with Crippen LogP contribution < -0.4 is 0 Å². The molecule has 1 saturated carbocycles. The van der Waals surface area contributed by atoms with Gasteiger partial charge in [-0.15, -0.1) is 11.6 Å². The van der Waals surface area contributed by atoms with Crippen LogP contribution in [0.15, 0.2) is 0 Å². The zero-order chi connectivity index (χ0) is 10.8. The topological polar surface area (TPSA) is 37.4 Å². The number of hydrogen-bond donors (Lipinski definition) is 0. The van der Waals surface area contributed by atoms with Crippen LogP contribution in [0.25, 0.3) is 0 Å². The normalized spacial score (nSPS) is 32.1. The predicted octanol–water partition coefficient (Wildman–Crippen LogP) is 1.10. The lowest BCUT2D eigenvalue weighted by atomic mass is 9.80. The zero-order valence-electron chi connectivity index (χ0n) is 8.75. The molecule has 15 heavy (non-hydrogen) atoms. The van der Waals surface area contributed by atoms with Crippen LogP contribution in [0, 0.1) is 11.8 Å². The highest BCUT2D eigenvalue weighted by Gasteiger charge is 2.42. The lowest BCUT2D eigenvalue weighted by Gasteiger charge is -2.20. The van der Waals surface area contributed by atoms with Crippen LogP contribution in [-0.2, 0) is 9.59 Å². The Balaban J connectivity index is 1.94. The summed E-state index contributed by atoms with van der Waals surface area (Å²) in [6.07, 6.45) is 2.32. The Morgan fingerprint density at radius 1 is 1.33 bits per heavy atom. The van der Waals surface area contributed by atoms with Crippen LogP contribution in [0.5, 0.6) is 0 Å². The van der Waals surface area contributed by atoms with E-state index in [2.05, 4.69) is 4.90 Å². The molecule has 1 saturated heterocycles. The second-order valence-corrected chi connectivity index (χ2v) is 4.87. The third-order valence-corrected chi connectivity index (χ3v) is 3.75. The summed E-state index contributed by atoms with van der Waals surface area (Å²) >= 11 is 5.64. The van der Waals surface area contributed by atoms with Gasteiger partial charge in [0.2, 0.25) is 5.78 Å². The van der Waals surface area contributed by atoms with Crippen molar-refractivity contribution in [2.45, 2.75) is 19.3 Å². The molecule has 0 aromatic carbocycles. The van der Waals surface area contributed by atoms with Crippen LogP contribution in [0.1, 0.15) is 19.3 Å². The number of halogens is 1.